The second-order valence-electron chi connectivity index (χ2n) is 7.58. The van der Waals surface area contributed by atoms with E-state index in [0.29, 0.717) is 17.9 Å². The maximum Gasteiger partial charge on any atom is 0.191 e. The highest BCUT2D eigenvalue weighted by Gasteiger charge is 2.33. The van der Waals surface area contributed by atoms with E-state index in [2.05, 4.69) is 48.5 Å². The van der Waals surface area contributed by atoms with Crippen molar-refractivity contribution in [3.8, 4) is 0 Å². The number of aromatic nitrogens is 1. The minimum atomic E-state index is 0. The molecule has 1 aliphatic carbocycles. The van der Waals surface area contributed by atoms with Gasteiger partial charge in [-0.05, 0) is 44.4 Å². The molecule has 0 aromatic carbocycles. The maximum atomic E-state index is 5.61. The number of ether oxygens (including phenoxy) is 1. The molecule has 0 spiro atoms. The smallest absolute Gasteiger partial charge is 0.191 e. The molecule has 2 rings (SSSR count). The van der Waals surface area contributed by atoms with Gasteiger partial charge in [0.25, 0.3) is 0 Å². The summed E-state index contributed by atoms with van der Waals surface area (Å²) in [7, 11) is 0. The molecule has 1 fully saturated rings. The first-order valence-electron chi connectivity index (χ1n) is 10.1. The number of rotatable bonds is 10. The molecule has 156 valence electrons. The van der Waals surface area contributed by atoms with Crippen molar-refractivity contribution < 1.29 is 9.26 Å². The van der Waals surface area contributed by atoms with Crippen LogP contribution in [0.3, 0.4) is 0 Å². The number of hydrogen-bond donors (Lipinski definition) is 2. The van der Waals surface area contributed by atoms with E-state index in [4.69, 9.17) is 9.26 Å². The third-order valence-corrected chi connectivity index (χ3v) is 5.18. The van der Waals surface area contributed by atoms with Gasteiger partial charge in [0.1, 0.15) is 6.54 Å². The molecule has 0 saturated heterocycles. The molecule has 1 aromatic rings. The predicted octanol–water partition coefficient (Wildman–Crippen LogP) is 4.46. The van der Waals surface area contributed by atoms with Crippen LogP contribution in [0.5, 0.6) is 0 Å². The summed E-state index contributed by atoms with van der Waals surface area (Å²) in [6.45, 7) is 12.3. The number of guanidine groups is 1. The zero-order valence-corrected chi connectivity index (χ0v) is 19.7. The molecule has 1 heterocycles. The van der Waals surface area contributed by atoms with Crippen molar-refractivity contribution in [2.75, 3.05) is 26.3 Å². The summed E-state index contributed by atoms with van der Waals surface area (Å²) < 4.78 is 11.0. The number of hydrogen-bond acceptors (Lipinski definition) is 4. The van der Waals surface area contributed by atoms with Gasteiger partial charge in [0.2, 0.25) is 0 Å². The highest BCUT2D eigenvalue weighted by atomic mass is 127. The van der Waals surface area contributed by atoms with Crippen LogP contribution in [0, 0.1) is 5.41 Å². The first-order valence-corrected chi connectivity index (χ1v) is 10.1. The van der Waals surface area contributed by atoms with E-state index in [0.717, 1.165) is 50.1 Å². The van der Waals surface area contributed by atoms with Crippen LogP contribution >= 0.6 is 24.0 Å². The van der Waals surface area contributed by atoms with Gasteiger partial charge in [0.15, 0.2) is 11.7 Å². The molecule has 6 nitrogen and oxygen atoms in total. The SMILES string of the molecule is CCNC(=NCc1cc(C(C)C)no1)NCC1(CCOCC)CCCC1.I. The standard InChI is InChI=1S/C20H36N4O2.HI/c1-5-21-19(22-14-17-13-18(16(3)4)24-26-17)23-15-20(9-7-8-10-20)11-12-25-6-2;/h13,16H,5-12,14-15H2,1-4H3,(H2,21,22,23);1H. The van der Waals surface area contributed by atoms with E-state index >= 15 is 0 Å². The maximum absolute atomic E-state index is 5.61. The Hall–Kier alpha value is -0.830. The molecule has 27 heavy (non-hydrogen) atoms. The van der Waals surface area contributed by atoms with Crippen molar-refractivity contribution >= 4 is 29.9 Å². The molecular formula is C20H37IN4O2. The molecular weight excluding hydrogens is 455 g/mol. The predicted molar refractivity (Wildman–Crippen MR) is 121 cm³/mol. The van der Waals surface area contributed by atoms with E-state index in [1.165, 1.54) is 25.7 Å². The Labute approximate surface area is 181 Å². The van der Waals surface area contributed by atoms with Gasteiger partial charge in [-0.1, -0.05) is 31.8 Å². The monoisotopic (exact) mass is 492 g/mol. The molecule has 1 saturated carbocycles. The summed E-state index contributed by atoms with van der Waals surface area (Å²) in [6, 6.07) is 2.00. The lowest BCUT2D eigenvalue weighted by molar-refractivity contribution is 0.105. The van der Waals surface area contributed by atoms with Crippen molar-refractivity contribution in [3.05, 3.63) is 17.5 Å². The molecule has 0 radical (unpaired) electrons. The Morgan fingerprint density at radius 3 is 2.63 bits per heavy atom. The summed E-state index contributed by atoms with van der Waals surface area (Å²) >= 11 is 0. The highest BCUT2D eigenvalue weighted by Crippen LogP contribution is 2.40. The van der Waals surface area contributed by atoms with Crippen LogP contribution in [0.1, 0.15) is 77.2 Å². The first kappa shape index (κ1) is 24.2. The van der Waals surface area contributed by atoms with E-state index in [1.807, 2.05) is 6.07 Å². The average molecular weight is 492 g/mol. The fourth-order valence-corrected chi connectivity index (χ4v) is 3.52. The second kappa shape index (κ2) is 12.6. The lowest BCUT2D eigenvalue weighted by Gasteiger charge is -2.30. The van der Waals surface area contributed by atoms with Crippen molar-refractivity contribution in [3.63, 3.8) is 0 Å². The molecule has 0 bridgehead atoms. The zero-order valence-electron chi connectivity index (χ0n) is 17.3. The Balaban J connectivity index is 0.00000364. The van der Waals surface area contributed by atoms with Gasteiger partial charge >= 0.3 is 0 Å². The first-order chi connectivity index (χ1) is 12.6. The molecule has 2 N–H and O–H groups in total. The molecule has 0 aliphatic heterocycles. The van der Waals surface area contributed by atoms with Crippen LogP contribution in [0.15, 0.2) is 15.6 Å². The normalized spacial score (nSPS) is 16.4. The van der Waals surface area contributed by atoms with Crippen molar-refractivity contribution in [1.82, 2.24) is 15.8 Å². The molecule has 1 aliphatic rings. The fourth-order valence-electron chi connectivity index (χ4n) is 3.52. The van der Waals surface area contributed by atoms with Gasteiger partial charge in [0, 0.05) is 32.4 Å². The molecule has 0 unspecified atom stereocenters. The van der Waals surface area contributed by atoms with Gasteiger partial charge in [-0.25, -0.2) is 4.99 Å². The van der Waals surface area contributed by atoms with Crippen LogP contribution in [-0.2, 0) is 11.3 Å². The third-order valence-electron chi connectivity index (χ3n) is 5.18. The second-order valence-corrected chi connectivity index (χ2v) is 7.58. The number of nitrogens with one attached hydrogen (secondary N) is 2. The Kier molecular flexibility index (Phi) is 11.3. The molecule has 0 atom stereocenters. The van der Waals surface area contributed by atoms with E-state index in [-0.39, 0.29) is 24.0 Å². The van der Waals surface area contributed by atoms with Crippen molar-refractivity contribution in [2.45, 2.75) is 72.3 Å². The minimum absolute atomic E-state index is 0. The minimum Gasteiger partial charge on any atom is -0.382 e. The lowest BCUT2D eigenvalue weighted by atomic mass is 9.83. The van der Waals surface area contributed by atoms with Gasteiger partial charge in [-0.3, -0.25) is 0 Å². The van der Waals surface area contributed by atoms with Crippen LogP contribution in [0.25, 0.3) is 0 Å². The molecule has 0 amide bonds. The summed E-state index contributed by atoms with van der Waals surface area (Å²) in [5.41, 5.74) is 1.32. The third kappa shape index (κ3) is 7.97. The number of aliphatic imine (C=N–C) groups is 1. The Bertz CT molecular complexity index is 554. The topological polar surface area (TPSA) is 71.7 Å². The summed E-state index contributed by atoms with van der Waals surface area (Å²) in [5, 5.41) is 11.0. The van der Waals surface area contributed by atoms with E-state index in [9.17, 15) is 0 Å². The van der Waals surface area contributed by atoms with Gasteiger partial charge in [-0.2, -0.15) is 0 Å². The summed E-state index contributed by atoms with van der Waals surface area (Å²) in [5.74, 6) is 2.02. The lowest BCUT2D eigenvalue weighted by Crippen LogP contribution is -2.43. The molecule has 7 heteroatoms. The van der Waals surface area contributed by atoms with Crippen molar-refractivity contribution in [1.29, 1.82) is 0 Å². The quantitative estimate of drug-likeness (QED) is 0.219. The fraction of sp³-hybridized carbons (Fsp3) is 0.800. The number of halogens is 1. The van der Waals surface area contributed by atoms with Gasteiger partial charge in [0.05, 0.1) is 5.69 Å². The summed E-state index contributed by atoms with van der Waals surface area (Å²) in [6.07, 6.45) is 6.29. The van der Waals surface area contributed by atoms with Crippen molar-refractivity contribution in [2.24, 2.45) is 10.4 Å². The van der Waals surface area contributed by atoms with Crippen LogP contribution < -0.4 is 10.6 Å². The van der Waals surface area contributed by atoms with Gasteiger partial charge < -0.3 is 19.9 Å². The highest BCUT2D eigenvalue weighted by molar-refractivity contribution is 14.0. The van der Waals surface area contributed by atoms with E-state index in [1.54, 1.807) is 0 Å². The van der Waals surface area contributed by atoms with Crippen LogP contribution in [0.4, 0.5) is 0 Å². The number of nitrogens with zero attached hydrogens (tertiary/aromatic N) is 2. The Morgan fingerprint density at radius 1 is 1.30 bits per heavy atom. The molecule has 1 aromatic heterocycles. The zero-order chi connectivity index (χ0) is 18.8. The average Bonchev–Trinajstić information content (AvgIpc) is 3.28. The van der Waals surface area contributed by atoms with Crippen LogP contribution in [-0.4, -0.2) is 37.4 Å². The van der Waals surface area contributed by atoms with E-state index < -0.39 is 0 Å². The van der Waals surface area contributed by atoms with Gasteiger partial charge in [-0.15, -0.1) is 24.0 Å². The largest absolute Gasteiger partial charge is 0.382 e. The Morgan fingerprint density at radius 2 is 2.04 bits per heavy atom. The van der Waals surface area contributed by atoms with Crippen LogP contribution in [0.2, 0.25) is 0 Å². The summed E-state index contributed by atoms with van der Waals surface area (Å²) in [4.78, 5) is 4.67.